The van der Waals surface area contributed by atoms with Crippen LogP contribution in [0.15, 0.2) is 25.3 Å². The Kier molecular flexibility index (Phi) is 6.11. The molecule has 0 radical (unpaired) electrons. The second-order valence-corrected chi connectivity index (χ2v) is 2.93. The van der Waals surface area contributed by atoms with Crippen molar-refractivity contribution in [2.75, 3.05) is 6.61 Å². The maximum absolute atomic E-state index is 10.9. The van der Waals surface area contributed by atoms with Gasteiger partial charge in [0, 0.05) is 25.2 Å². The number of carbonyl (C=O) groups excluding carboxylic acids is 2. The van der Waals surface area contributed by atoms with Crippen LogP contribution in [0.3, 0.4) is 0 Å². The van der Waals surface area contributed by atoms with Gasteiger partial charge in [-0.1, -0.05) is 13.2 Å². The lowest BCUT2D eigenvalue weighted by Gasteiger charge is -2.28. The number of aliphatic hydroxyl groups excluding tert-OH is 1. The molecule has 0 aromatic heterocycles. The highest BCUT2D eigenvalue weighted by atomic mass is 16.8. The van der Waals surface area contributed by atoms with Crippen LogP contribution in [0.25, 0.3) is 0 Å². The molecule has 0 aromatic rings. The first kappa shape index (κ1) is 15.3. The van der Waals surface area contributed by atoms with Gasteiger partial charge in [-0.2, -0.15) is 0 Å². The van der Waals surface area contributed by atoms with Crippen LogP contribution >= 0.6 is 0 Å². The Labute approximate surface area is 97.6 Å². The summed E-state index contributed by atoms with van der Waals surface area (Å²) in [6, 6.07) is 0. The van der Waals surface area contributed by atoms with Crippen LogP contribution in [0, 0.1) is 0 Å². The van der Waals surface area contributed by atoms with E-state index in [1.54, 1.807) is 0 Å². The molecule has 0 rings (SSSR count). The standard InChI is InChI=1S/C10H14O7/c1-3-8(12)16-7(5-6-11)10(14,15)17-9(13)4-2/h3-4,7,11,14-15H,1-2,5-6H2. The van der Waals surface area contributed by atoms with Crippen molar-refractivity contribution in [3.05, 3.63) is 25.3 Å². The summed E-state index contributed by atoms with van der Waals surface area (Å²) in [6.45, 7) is 5.66. The predicted octanol–water partition coefficient (Wildman–Crippen LogP) is -1.17. The quantitative estimate of drug-likeness (QED) is 0.295. The minimum absolute atomic E-state index is 0.336. The van der Waals surface area contributed by atoms with E-state index in [2.05, 4.69) is 22.6 Å². The summed E-state index contributed by atoms with van der Waals surface area (Å²) in [5, 5.41) is 27.5. The average molecular weight is 246 g/mol. The Morgan fingerprint density at radius 1 is 1.24 bits per heavy atom. The van der Waals surface area contributed by atoms with Crippen LogP contribution in [-0.2, 0) is 19.1 Å². The highest BCUT2D eigenvalue weighted by Crippen LogP contribution is 2.17. The summed E-state index contributed by atoms with van der Waals surface area (Å²) >= 11 is 0. The van der Waals surface area contributed by atoms with E-state index in [9.17, 15) is 19.8 Å². The van der Waals surface area contributed by atoms with Crippen LogP contribution in [0.2, 0.25) is 0 Å². The minimum atomic E-state index is -3.05. The molecular weight excluding hydrogens is 232 g/mol. The van der Waals surface area contributed by atoms with Gasteiger partial charge in [-0.05, 0) is 0 Å². The van der Waals surface area contributed by atoms with Crippen LogP contribution in [0.5, 0.6) is 0 Å². The maximum Gasteiger partial charge on any atom is 0.363 e. The molecule has 0 aliphatic heterocycles. The molecule has 0 heterocycles. The third kappa shape index (κ3) is 5.25. The van der Waals surface area contributed by atoms with Gasteiger partial charge in [0.2, 0.25) is 0 Å². The summed E-state index contributed by atoms with van der Waals surface area (Å²) in [4.78, 5) is 21.7. The van der Waals surface area contributed by atoms with Gasteiger partial charge in [0.25, 0.3) is 0 Å². The molecular formula is C10H14O7. The van der Waals surface area contributed by atoms with Crippen molar-refractivity contribution in [1.29, 1.82) is 0 Å². The van der Waals surface area contributed by atoms with Gasteiger partial charge in [-0.25, -0.2) is 9.59 Å². The lowest BCUT2D eigenvalue weighted by molar-refractivity contribution is -0.358. The topological polar surface area (TPSA) is 113 Å². The van der Waals surface area contributed by atoms with E-state index in [-0.39, 0.29) is 6.42 Å². The van der Waals surface area contributed by atoms with E-state index in [0.717, 1.165) is 6.08 Å². The first-order valence-electron chi connectivity index (χ1n) is 4.61. The molecule has 0 bridgehead atoms. The fraction of sp³-hybridized carbons (Fsp3) is 0.400. The number of hydrogen-bond donors (Lipinski definition) is 3. The number of ether oxygens (including phenoxy) is 2. The fourth-order valence-electron chi connectivity index (χ4n) is 0.885. The third-order valence-corrected chi connectivity index (χ3v) is 1.65. The van der Waals surface area contributed by atoms with Gasteiger partial charge in [-0.15, -0.1) is 0 Å². The molecule has 3 N–H and O–H groups in total. The highest BCUT2D eigenvalue weighted by Gasteiger charge is 2.41. The summed E-state index contributed by atoms with van der Waals surface area (Å²) in [5.41, 5.74) is 0. The van der Waals surface area contributed by atoms with E-state index in [0.29, 0.717) is 6.08 Å². The zero-order valence-corrected chi connectivity index (χ0v) is 9.04. The predicted molar refractivity (Wildman–Crippen MR) is 55.2 cm³/mol. The van der Waals surface area contributed by atoms with Gasteiger partial charge < -0.3 is 24.8 Å². The molecule has 0 aliphatic rings. The van der Waals surface area contributed by atoms with Crippen LogP contribution < -0.4 is 0 Å². The zero-order valence-electron chi connectivity index (χ0n) is 9.04. The molecule has 0 amide bonds. The van der Waals surface area contributed by atoms with E-state index >= 15 is 0 Å². The summed E-state index contributed by atoms with van der Waals surface area (Å²) in [5.74, 6) is -5.12. The normalized spacial score (nSPS) is 12.4. The van der Waals surface area contributed by atoms with Crippen molar-refractivity contribution in [3.8, 4) is 0 Å². The SMILES string of the molecule is C=CC(=O)OC(CCO)C(O)(O)OC(=O)C=C. The molecule has 1 unspecified atom stereocenters. The number of aliphatic hydroxyl groups is 3. The second kappa shape index (κ2) is 6.79. The summed E-state index contributed by atoms with van der Waals surface area (Å²) < 4.78 is 8.70. The fourth-order valence-corrected chi connectivity index (χ4v) is 0.885. The smallest absolute Gasteiger partial charge is 0.363 e. The van der Waals surface area contributed by atoms with Gasteiger partial charge in [0.15, 0.2) is 6.10 Å². The molecule has 0 saturated heterocycles. The average Bonchev–Trinajstić information content (AvgIpc) is 2.27. The number of hydrogen-bond acceptors (Lipinski definition) is 7. The van der Waals surface area contributed by atoms with Gasteiger partial charge in [0.1, 0.15) is 0 Å². The zero-order chi connectivity index (χ0) is 13.5. The second-order valence-electron chi connectivity index (χ2n) is 2.93. The molecule has 17 heavy (non-hydrogen) atoms. The van der Waals surface area contributed by atoms with Crippen LogP contribution in [-0.4, -0.2) is 45.9 Å². The van der Waals surface area contributed by atoms with Gasteiger partial charge in [-0.3, -0.25) is 0 Å². The Bertz CT molecular complexity index is 308. The minimum Gasteiger partial charge on any atom is -0.449 e. The van der Waals surface area contributed by atoms with E-state index < -0.39 is 30.6 Å². The first-order chi connectivity index (χ1) is 7.87. The highest BCUT2D eigenvalue weighted by molar-refractivity contribution is 5.82. The Morgan fingerprint density at radius 2 is 1.76 bits per heavy atom. The number of carbonyl (C=O) groups is 2. The molecule has 96 valence electrons. The molecule has 0 saturated carbocycles. The molecule has 0 aromatic carbocycles. The van der Waals surface area contributed by atoms with Crippen LogP contribution in [0.4, 0.5) is 0 Å². The Hall–Kier alpha value is -1.70. The molecule has 1 atom stereocenters. The molecule has 0 fully saturated rings. The van der Waals surface area contributed by atoms with Crippen molar-refractivity contribution in [2.45, 2.75) is 18.5 Å². The van der Waals surface area contributed by atoms with Gasteiger partial charge >= 0.3 is 17.9 Å². The Balaban J connectivity index is 4.75. The molecule has 7 nitrogen and oxygen atoms in total. The number of esters is 2. The first-order valence-corrected chi connectivity index (χ1v) is 4.61. The molecule has 7 heteroatoms. The third-order valence-electron chi connectivity index (χ3n) is 1.65. The van der Waals surface area contributed by atoms with E-state index in [4.69, 9.17) is 5.11 Å². The maximum atomic E-state index is 10.9. The van der Waals surface area contributed by atoms with Crippen molar-refractivity contribution in [3.63, 3.8) is 0 Å². The van der Waals surface area contributed by atoms with Crippen molar-refractivity contribution < 1.29 is 34.4 Å². The lowest BCUT2D eigenvalue weighted by Crippen LogP contribution is -2.48. The van der Waals surface area contributed by atoms with E-state index in [1.165, 1.54) is 0 Å². The summed E-state index contributed by atoms with van der Waals surface area (Å²) in [6.07, 6.45) is -0.485. The van der Waals surface area contributed by atoms with Crippen LogP contribution in [0.1, 0.15) is 6.42 Å². The van der Waals surface area contributed by atoms with Crippen molar-refractivity contribution in [1.82, 2.24) is 0 Å². The van der Waals surface area contributed by atoms with Crippen molar-refractivity contribution in [2.24, 2.45) is 0 Å². The molecule has 0 spiro atoms. The number of rotatable bonds is 7. The van der Waals surface area contributed by atoms with Crippen molar-refractivity contribution >= 4 is 11.9 Å². The summed E-state index contributed by atoms with van der Waals surface area (Å²) in [7, 11) is 0. The Morgan fingerprint density at radius 3 is 2.18 bits per heavy atom. The molecule has 0 aliphatic carbocycles. The largest absolute Gasteiger partial charge is 0.449 e. The van der Waals surface area contributed by atoms with E-state index in [1.807, 2.05) is 0 Å². The lowest BCUT2D eigenvalue weighted by atomic mass is 10.2. The monoisotopic (exact) mass is 246 g/mol. The van der Waals surface area contributed by atoms with Gasteiger partial charge in [0.05, 0.1) is 0 Å².